The van der Waals surface area contributed by atoms with Crippen molar-refractivity contribution in [2.45, 2.75) is 27.7 Å². The van der Waals surface area contributed by atoms with Crippen LogP contribution in [0.2, 0.25) is 5.15 Å². The smallest absolute Gasteiger partial charge is 0.339 e. The standard InChI is InChI=1S/C14H21ClN2O2/c1-9(2)7-17(8-10(3)4)13-11(14(18)19)5-6-12(15)16-13/h5-6,9-10H,7-8H2,1-4H3,(H,18,19). The number of hydrogen-bond donors (Lipinski definition) is 1. The Morgan fingerprint density at radius 2 is 1.79 bits per heavy atom. The van der Waals surface area contributed by atoms with Gasteiger partial charge in [-0.05, 0) is 24.0 Å². The predicted octanol–water partition coefficient (Wildman–Crippen LogP) is 3.55. The molecular weight excluding hydrogens is 264 g/mol. The summed E-state index contributed by atoms with van der Waals surface area (Å²) in [7, 11) is 0. The summed E-state index contributed by atoms with van der Waals surface area (Å²) in [5.74, 6) is 0.321. The van der Waals surface area contributed by atoms with Gasteiger partial charge in [0.2, 0.25) is 0 Å². The van der Waals surface area contributed by atoms with E-state index in [1.165, 1.54) is 12.1 Å². The Morgan fingerprint density at radius 1 is 1.26 bits per heavy atom. The molecule has 0 fully saturated rings. The first kappa shape index (κ1) is 15.8. The van der Waals surface area contributed by atoms with Crippen molar-refractivity contribution in [2.24, 2.45) is 11.8 Å². The van der Waals surface area contributed by atoms with Gasteiger partial charge < -0.3 is 10.0 Å². The van der Waals surface area contributed by atoms with Crippen molar-refractivity contribution < 1.29 is 9.90 Å². The van der Waals surface area contributed by atoms with Crippen molar-refractivity contribution >= 4 is 23.4 Å². The molecule has 0 saturated heterocycles. The Balaban J connectivity index is 3.18. The molecule has 0 aliphatic rings. The molecule has 1 aromatic rings. The van der Waals surface area contributed by atoms with Crippen LogP contribution in [-0.2, 0) is 0 Å². The topological polar surface area (TPSA) is 53.4 Å². The SMILES string of the molecule is CC(C)CN(CC(C)C)c1nc(Cl)ccc1C(=O)O. The molecule has 0 spiro atoms. The Bertz CT molecular complexity index is 437. The molecule has 1 N–H and O–H groups in total. The molecule has 4 nitrogen and oxygen atoms in total. The van der Waals surface area contributed by atoms with E-state index in [-0.39, 0.29) is 5.56 Å². The summed E-state index contributed by atoms with van der Waals surface area (Å²) in [6.45, 7) is 9.89. The third-order valence-corrected chi connectivity index (χ3v) is 2.75. The number of halogens is 1. The highest BCUT2D eigenvalue weighted by Gasteiger charge is 2.19. The van der Waals surface area contributed by atoms with Gasteiger partial charge in [-0.25, -0.2) is 9.78 Å². The molecule has 106 valence electrons. The van der Waals surface area contributed by atoms with Crippen LogP contribution in [0.1, 0.15) is 38.1 Å². The second kappa shape index (κ2) is 6.75. The first-order valence-corrected chi connectivity index (χ1v) is 6.83. The van der Waals surface area contributed by atoms with Crippen LogP contribution in [0.5, 0.6) is 0 Å². The van der Waals surface area contributed by atoms with Gasteiger partial charge in [-0.15, -0.1) is 0 Å². The van der Waals surface area contributed by atoms with Crippen molar-refractivity contribution in [2.75, 3.05) is 18.0 Å². The highest BCUT2D eigenvalue weighted by atomic mass is 35.5. The molecular formula is C14H21ClN2O2. The third kappa shape index (κ3) is 4.71. The lowest BCUT2D eigenvalue weighted by Crippen LogP contribution is -2.33. The summed E-state index contributed by atoms with van der Waals surface area (Å²) in [5, 5.41) is 9.58. The van der Waals surface area contributed by atoms with E-state index in [1.807, 2.05) is 4.90 Å². The van der Waals surface area contributed by atoms with Crippen LogP contribution < -0.4 is 4.90 Å². The Morgan fingerprint density at radius 3 is 2.21 bits per heavy atom. The van der Waals surface area contributed by atoms with Crippen LogP contribution in [0.25, 0.3) is 0 Å². The fourth-order valence-corrected chi connectivity index (χ4v) is 2.11. The van der Waals surface area contributed by atoms with Gasteiger partial charge in [0.05, 0.1) is 0 Å². The van der Waals surface area contributed by atoms with Gasteiger partial charge >= 0.3 is 5.97 Å². The zero-order valence-corrected chi connectivity index (χ0v) is 12.6. The van der Waals surface area contributed by atoms with E-state index in [1.54, 1.807) is 0 Å². The van der Waals surface area contributed by atoms with Gasteiger partial charge in [-0.3, -0.25) is 0 Å². The Kier molecular flexibility index (Phi) is 5.60. The molecule has 0 radical (unpaired) electrons. The van der Waals surface area contributed by atoms with Crippen molar-refractivity contribution in [1.82, 2.24) is 4.98 Å². The predicted molar refractivity (Wildman–Crippen MR) is 78.1 cm³/mol. The van der Waals surface area contributed by atoms with Gasteiger partial charge in [0.1, 0.15) is 16.5 Å². The molecule has 1 rings (SSSR count). The fraction of sp³-hybridized carbons (Fsp3) is 0.571. The quantitative estimate of drug-likeness (QED) is 0.812. The molecule has 0 aliphatic heterocycles. The fourth-order valence-electron chi connectivity index (χ4n) is 1.96. The molecule has 0 unspecified atom stereocenters. The minimum atomic E-state index is -0.975. The van der Waals surface area contributed by atoms with E-state index in [9.17, 15) is 9.90 Å². The summed E-state index contributed by atoms with van der Waals surface area (Å²) in [5.41, 5.74) is 0.200. The molecule has 0 amide bonds. The lowest BCUT2D eigenvalue weighted by molar-refractivity contribution is 0.0697. The molecule has 5 heteroatoms. The molecule has 19 heavy (non-hydrogen) atoms. The second-order valence-electron chi connectivity index (χ2n) is 5.50. The average Bonchev–Trinajstić information content (AvgIpc) is 2.26. The van der Waals surface area contributed by atoms with E-state index in [0.717, 1.165) is 13.1 Å². The number of aromatic carboxylic acids is 1. The van der Waals surface area contributed by atoms with Gasteiger partial charge in [-0.1, -0.05) is 39.3 Å². The molecule has 1 aromatic heterocycles. The van der Waals surface area contributed by atoms with Crippen LogP contribution in [0.15, 0.2) is 12.1 Å². The van der Waals surface area contributed by atoms with Crippen LogP contribution in [-0.4, -0.2) is 29.1 Å². The summed E-state index contributed by atoms with van der Waals surface area (Å²) >= 11 is 5.91. The molecule has 0 saturated carbocycles. The Labute approximate surface area is 119 Å². The number of anilines is 1. The normalized spacial score (nSPS) is 11.1. The van der Waals surface area contributed by atoms with E-state index in [4.69, 9.17) is 11.6 Å². The number of aromatic nitrogens is 1. The molecule has 1 heterocycles. The molecule has 0 atom stereocenters. The van der Waals surface area contributed by atoms with E-state index >= 15 is 0 Å². The van der Waals surface area contributed by atoms with Crippen LogP contribution in [0.3, 0.4) is 0 Å². The number of carboxylic acids is 1. The largest absolute Gasteiger partial charge is 0.478 e. The number of rotatable bonds is 6. The maximum Gasteiger partial charge on any atom is 0.339 e. The highest BCUT2D eigenvalue weighted by molar-refractivity contribution is 6.29. The van der Waals surface area contributed by atoms with Crippen molar-refractivity contribution in [3.8, 4) is 0 Å². The molecule has 0 bridgehead atoms. The second-order valence-corrected chi connectivity index (χ2v) is 5.89. The number of pyridine rings is 1. The summed E-state index contributed by atoms with van der Waals surface area (Å²) < 4.78 is 0. The summed E-state index contributed by atoms with van der Waals surface area (Å²) in [4.78, 5) is 17.5. The van der Waals surface area contributed by atoms with Crippen LogP contribution >= 0.6 is 11.6 Å². The number of nitrogens with zero attached hydrogens (tertiary/aromatic N) is 2. The lowest BCUT2D eigenvalue weighted by atomic mass is 10.1. The summed E-state index contributed by atoms with van der Waals surface area (Å²) in [6.07, 6.45) is 0. The van der Waals surface area contributed by atoms with Crippen molar-refractivity contribution in [3.63, 3.8) is 0 Å². The van der Waals surface area contributed by atoms with Gasteiger partial charge in [0.25, 0.3) is 0 Å². The van der Waals surface area contributed by atoms with Gasteiger partial charge in [0.15, 0.2) is 0 Å². The summed E-state index contributed by atoms with van der Waals surface area (Å²) in [6, 6.07) is 3.03. The lowest BCUT2D eigenvalue weighted by Gasteiger charge is -2.28. The van der Waals surface area contributed by atoms with E-state index in [0.29, 0.717) is 22.8 Å². The van der Waals surface area contributed by atoms with Crippen molar-refractivity contribution in [3.05, 3.63) is 22.8 Å². The minimum Gasteiger partial charge on any atom is -0.478 e. The zero-order chi connectivity index (χ0) is 14.6. The number of carbonyl (C=O) groups is 1. The third-order valence-electron chi connectivity index (χ3n) is 2.54. The van der Waals surface area contributed by atoms with Crippen LogP contribution in [0.4, 0.5) is 5.82 Å². The van der Waals surface area contributed by atoms with Gasteiger partial charge in [-0.2, -0.15) is 0 Å². The maximum absolute atomic E-state index is 11.3. The van der Waals surface area contributed by atoms with Gasteiger partial charge in [0, 0.05) is 13.1 Å². The van der Waals surface area contributed by atoms with E-state index in [2.05, 4.69) is 32.7 Å². The minimum absolute atomic E-state index is 0.200. The number of hydrogen-bond acceptors (Lipinski definition) is 3. The zero-order valence-electron chi connectivity index (χ0n) is 11.9. The number of carboxylic acid groups (broad SMARTS) is 1. The first-order valence-electron chi connectivity index (χ1n) is 6.46. The maximum atomic E-state index is 11.3. The van der Waals surface area contributed by atoms with E-state index < -0.39 is 5.97 Å². The van der Waals surface area contributed by atoms with Crippen LogP contribution in [0, 0.1) is 11.8 Å². The Hall–Kier alpha value is -1.29. The first-order chi connectivity index (χ1) is 8.81. The van der Waals surface area contributed by atoms with Crippen molar-refractivity contribution in [1.29, 1.82) is 0 Å². The average molecular weight is 285 g/mol. The monoisotopic (exact) mass is 284 g/mol. The molecule has 0 aromatic carbocycles. The highest BCUT2D eigenvalue weighted by Crippen LogP contribution is 2.23. The molecule has 0 aliphatic carbocycles.